The number of aryl methyl sites for hydroxylation is 1. The van der Waals surface area contributed by atoms with Gasteiger partial charge in [0, 0.05) is 16.5 Å². The Bertz CT molecular complexity index is 807. The highest BCUT2D eigenvalue weighted by molar-refractivity contribution is 9.10. The topological polar surface area (TPSA) is 34.9 Å². The Kier molecular flexibility index (Phi) is 3.88. The molecule has 2 aromatic carbocycles. The Morgan fingerprint density at radius 2 is 2.00 bits per heavy atom. The van der Waals surface area contributed by atoms with Gasteiger partial charge >= 0.3 is 0 Å². The van der Waals surface area contributed by atoms with E-state index < -0.39 is 0 Å². The SMILES string of the molecule is CCc1nc2ccccc2n1CC(=O)c1cccc(Br)c1. The minimum Gasteiger partial charge on any atom is -0.320 e. The summed E-state index contributed by atoms with van der Waals surface area (Å²) in [4.78, 5) is 17.1. The van der Waals surface area contributed by atoms with Crippen LogP contribution < -0.4 is 0 Å². The summed E-state index contributed by atoms with van der Waals surface area (Å²) in [7, 11) is 0. The number of imidazole rings is 1. The van der Waals surface area contributed by atoms with E-state index in [-0.39, 0.29) is 5.78 Å². The first-order valence-corrected chi connectivity index (χ1v) is 7.71. The van der Waals surface area contributed by atoms with Crippen LogP contribution in [-0.4, -0.2) is 15.3 Å². The summed E-state index contributed by atoms with van der Waals surface area (Å²) in [5.74, 6) is 1.04. The average Bonchev–Trinajstić information content (AvgIpc) is 2.85. The number of nitrogens with zero attached hydrogens (tertiary/aromatic N) is 2. The molecule has 106 valence electrons. The minimum atomic E-state index is 0.0918. The molecular weight excluding hydrogens is 328 g/mol. The van der Waals surface area contributed by atoms with E-state index in [1.807, 2.05) is 53.1 Å². The molecule has 1 aromatic heterocycles. The molecule has 4 heteroatoms. The molecule has 0 spiro atoms. The lowest BCUT2D eigenvalue weighted by Gasteiger charge is -2.07. The van der Waals surface area contributed by atoms with Crippen molar-refractivity contribution in [3.63, 3.8) is 0 Å². The number of aromatic nitrogens is 2. The molecule has 3 aromatic rings. The van der Waals surface area contributed by atoms with Crippen LogP contribution in [0.15, 0.2) is 53.0 Å². The molecule has 0 aliphatic rings. The van der Waals surface area contributed by atoms with E-state index >= 15 is 0 Å². The highest BCUT2D eigenvalue weighted by Crippen LogP contribution is 2.18. The van der Waals surface area contributed by atoms with Gasteiger partial charge in [-0.2, -0.15) is 0 Å². The molecule has 3 rings (SSSR count). The molecule has 0 amide bonds. The van der Waals surface area contributed by atoms with Crippen LogP contribution in [0.1, 0.15) is 23.1 Å². The van der Waals surface area contributed by atoms with E-state index in [2.05, 4.69) is 27.8 Å². The van der Waals surface area contributed by atoms with Crippen LogP contribution in [0.3, 0.4) is 0 Å². The molecule has 0 atom stereocenters. The van der Waals surface area contributed by atoms with Gasteiger partial charge in [0.1, 0.15) is 5.82 Å². The number of ketones is 1. The first kappa shape index (κ1) is 14.0. The van der Waals surface area contributed by atoms with Gasteiger partial charge in [-0.3, -0.25) is 4.79 Å². The molecule has 0 aliphatic carbocycles. The molecule has 3 nitrogen and oxygen atoms in total. The zero-order valence-corrected chi connectivity index (χ0v) is 13.3. The molecule has 0 fully saturated rings. The van der Waals surface area contributed by atoms with Gasteiger partial charge in [-0.25, -0.2) is 4.98 Å². The van der Waals surface area contributed by atoms with E-state index in [0.717, 1.165) is 27.8 Å². The van der Waals surface area contributed by atoms with Crippen molar-refractivity contribution < 1.29 is 4.79 Å². The van der Waals surface area contributed by atoms with Gasteiger partial charge < -0.3 is 4.57 Å². The lowest BCUT2D eigenvalue weighted by molar-refractivity contribution is 0.0972. The second-order valence-electron chi connectivity index (χ2n) is 4.89. The van der Waals surface area contributed by atoms with Gasteiger partial charge in [-0.1, -0.05) is 47.1 Å². The summed E-state index contributed by atoms with van der Waals surface area (Å²) in [5, 5.41) is 0. The average molecular weight is 343 g/mol. The lowest BCUT2D eigenvalue weighted by Crippen LogP contribution is -2.12. The van der Waals surface area contributed by atoms with E-state index in [1.54, 1.807) is 0 Å². The third-order valence-corrected chi connectivity index (χ3v) is 3.99. The van der Waals surface area contributed by atoms with Gasteiger partial charge in [0.15, 0.2) is 5.78 Å². The number of benzene rings is 2. The molecule has 0 N–H and O–H groups in total. The predicted molar refractivity (Wildman–Crippen MR) is 87.6 cm³/mol. The minimum absolute atomic E-state index is 0.0918. The maximum atomic E-state index is 12.5. The van der Waals surface area contributed by atoms with Crippen LogP contribution in [0, 0.1) is 0 Å². The largest absolute Gasteiger partial charge is 0.320 e. The van der Waals surface area contributed by atoms with Crippen molar-refractivity contribution in [3.05, 3.63) is 64.4 Å². The van der Waals surface area contributed by atoms with Gasteiger partial charge in [-0.15, -0.1) is 0 Å². The van der Waals surface area contributed by atoms with Gasteiger partial charge in [0.05, 0.1) is 17.6 Å². The summed E-state index contributed by atoms with van der Waals surface area (Å²) in [6.45, 7) is 2.38. The van der Waals surface area contributed by atoms with Crippen LogP contribution in [0.4, 0.5) is 0 Å². The molecule has 21 heavy (non-hydrogen) atoms. The number of hydrogen-bond acceptors (Lipinski definition) is 2. The Morgan fingerprint density at radius 1 is 1.19 bits per heavy atom. The van der Waals surface area contributed by atoms with Crippen molar-refractivity contribution in [3.8, 4) is 0 Å². The number of Topliss-reactive ketones (excluding diaryl/α,β-unsaturated/α-hetero) is 1. The smallest absolute Gasteiger partial charge is 0.182 e. The first-order valence-electron chi connectivity index (χ1n) is 6.92. The Morgan fingerprint density at radius 3 is 2.76 bits per heavy atom. The fourth-order valence-electron chi connectivity index (χ4n) is 2.47. The van der Waals surface area contributed by atoms with E-state index in [9.17, 15) is 4.79 Å². The zero-order valence-electron chi connectivity index (χ0n) is 11.7. The number of halogens is 1. The molecular formula is C17H15BrN2O. The van der Waals surface area contributed by atoms with Crippen molar-refractivity contribution in [2.75, 3.05) is 0 Å². The molecule has 0 saturated heterocycles. The van der Waals surface area contributed by atoms with Gasteiger partial charge in [0.2, 0.25) is 0 Å². The lowest BCUT2D eigenvalue weighted by atomic mass is 10.1. The predicted octanol–water partition coefficient (Wildman–Crippen LogP) is 4.24. The summed E-state index contributed by atoms with van der Waals surface area (Å²) in [6, 6.07) is 15.4. The van der Waals surface area contributed by atoms with Crippen molar-refractivity contribution in [1.29, 1.82) is 0 Å². The number of hydrogen-bond donors (Lipinski definition) is 0. The molecule has 0 radical (unpaired) electrons. The molecule has 0 unspecified atom stereocenters. The molecule has 1 heterocycles. The van der Waals surface area contributed by atoms with E-state index in [4.69, 9.17) is 0 Å². The van der Waals surface area contributed by atoms with E-state index in [1.165, 1.54) is 0 Å². The quantitative estimate of drug-likeness (QED) is 0.664. The van der Waals surface area contributed by atoms with Crippen LogP contribution in [-0.2, 0) is 13.0 Å². The summed E-state index contributed by atoms with van der Waals surface area (Å²) in [6.07, 6.45) is 0.806. The molecule has 0 saturated carbocycles. The Balaban J connectivity index is 1.99. The second-order valence-corrected chi connectivity index (χ2v) is 5.81. The Labute approximate surface area is 131 Å². The summed E-state index contributed by atoms with van der Waals surface area (Å²) in [5.41, 5.74) is 2.67. The van der Waals surface area contributed by atoms with E-state index in [0.29, 0.717) is 12.1 Å². The standard InChI is InChI=1S/C17H15BrN2O/c1-2-17-19-14-8-3-4-9-15(14)20(17)11-16(21)12-6-5-7-13(18)10-12/h3-10H,2,11H2,1H3. The van der Waals surface area contributed by atoms with Gasteiger partial charge in [-0.05, 0) is 24.3 Å². The van der Waals surface area contributed by atoms with Crippen molar-refractivity contribution in [2.45, 2.75) is 19.9 Å². The maximum absolute atomic E-state index is 12.5. The van der Waals surface area contributed by atoms with Crippen molar-refractivity contribution in [1.82, 2.24) is 9.55 Å². The first-order chi connectivity index (χ1) is 10.2. The summed E-state index contributed by atoms with van der Waals surface area (Å²) >= 11 is 3.40. The van der Waals surface area contributed by atoms with Crippen LogP contribution >= 0.6 is 15.9 Å². The molecule has 0 bridgehead atoms. The second kappa shape index (κ2) is 5.82. The summed E-state index contributed by atoms with van der Waals surface area (Å²) < 4.78 is 2.93. The van der Waals surface area contributed by atoms with Crippen molar-refractivity contribution >= 4 is 32.7 Å². The highest BCUT2D eigenvalue weighted by Gasteiger charge is 2.13. The number of carbonyl (C=O) groups is 1. The highest BCUT2D eigenvalue weighted by atomic mass is 79.9. The number of fused-ring (bicyclic) bond motifs is 1. The molecule has 0 aliphatic heterocycles. The number of carbonyl (C=O) groups excluding carboxylic acids is 1. The fourth-order valence-corrected chi connectivity index (χ4v) is 2.87. The monoisotopic (exact) mass is 342 g/mol. The fraction of sp³-hybridized carbons (Fsp3) is 0.176. The van der Waals surface area contributed by atoms with Crippen LogP contribution in [0.2, 0.25) is 0 Å². The third kappa shape index (κ3) is 2.76. The third-order valence-electron chi connectivity index (χ3n) is 3.50. The number of para-hydroxylation sites is 2. The van der Waals surface area contributed by atoms with Crippen molar-refractivity contribution in [2.24, 2.45) is 0 Å². The van der Waals surface area contributed by atoms with Crippen LogP contribution in [0.25, 0.3) is 11.0 Å². The Hall–Kier alpha value is -1.94. The zero-order chi connectivity index (χ0) is 14.8. The normalized spacial score (nSPS) is 11.0. The number of rotatable bonds is 4. The van der Waals surface area contributed by atoms with Gasteiger partial charge in [0.25, 0.3) is 0 Å². The van der Waals surface area contributed by atoms with Crippen LogP contribution in [0.5, 0.6) is 0 Å². The maximum Gasteiger partial charge on any atom is 0.182 e.